The van der Waals surface area contributed by atoms with Crippen LogP contribution in [0.4, 0.5) is 5.13 Å². The lowest BCUT2D eigenvalue weighted by molar-refractivity contribution is 0.144. The predicted molar refractivity (Wildman–Crippen MR) is 59.3 cm³/mol. The SMILES string of the molecule is CN1CC(CNc2nc(Br)cs2)C1. The molecule has 1 aromatic heterocycles. The molecule has 2 heterocycles. The lowest BCUT2D eigenvalue weighted by Gasteiger charge is -2.36. The molecule has 0 spiro atoms. The van der Waals surface area contributed by atoms with Crippen molar-refractivity contribution in [2.24, 2.45) is 5.92 Å². The highest BCUT2D eigenvalue weighted by Crippen LogP contribution is 2.20. The van der Waals surface area contributed by atoms with E-state index in [1.165, 1.54) is 13.1 Å². The Labute approximate surface area is 90.3 Å². The fraction of sp³-hybridized carbons (Fsp3) is 0.625. The predicted octanol–water partition coefficient (Wildman–Crippen LogP) is 1.88. The summed E-state index contributed by atoms with van der Waals surface area (Å²) >= 11 is 4.98. The van der Waals surface area contributed by atoms with Crippen molar-refractivity contribution in [3.63, 3.8) is 0 Å². The molecular formula is C8H12BrN3S. The summed E-state index contributed by atoms with van der Waals surface area (Å²) in [5.41, 5.74) is 0. The van der Waals surface area contributed by atoms with Crippen LogP contribution < -0.4 is 5.32 Å². The van der Waals surface area contributed by atoms with Gasteiger partial charge >= 0.3 is 0 Å². The molecule has 1 N–H and O–H groups in total. The van der Waals surface area contributed by atoms with E-state index in [4.69, 9.17) is 0 Å². The van der Waals surface area contributed by atoms with Gasteiger partial charge in [-0.15, -0.1) is 11.3 Å². The zero-order valence-electron chi connectivity index (χ0n) is 7.46. The number of nitrogens with zero attached hydrogens (tertiary/aromatic N) is 2. The van der Waals surface area contributed by atoms with Crippen LogP contribution in [0.5, 0.6) is 0 Å². The van der Waals surface area contributed by atoms with E-state index in [1.807, 2.05) is 5.38 Å². The van der Waals surface area contributed by atoms with Gasteiger partial charge in [-0.3, -0.25) is 0 Å². The highest BCUT2D eigenvalue weighted by atomic mass is 79.9. The zero-order valence-corrected chi connectivity index (χ0v) is 9.86. The molecule has 0 bridgehead atoms. The minimum absolute atomic E-state index is 0.799. The van der Waals surface area contributed by atoms with Crippen molar-refractivity contribution in [3.05, 3.63) is 9.98 Å². The van der Waals surface area contributed by atoms with Crippen molar-refractivity contribution in [2.45, 2.75) is 0 Å². The highest BCUT2D eigenvalue weighted by molar-refractivity contribution is 9.10. The Morgan fingerprint density at radius 3 is 3.08 bits per heavy atom. The molecule has 0 aromatic carbocycles. The molecule has 0 aliphatic carbocycles. The van der Waals surface area contributed by atoms with Gasteiger partial charge in [0.15, 0.2) is 5.13 Å². The zero-order chi connectivity index (χ0) is 9.26. The van der Waals surface area contributed by atoms with E-state index < -0.39 is 0 Å². The standard InChI is InChI=1S/C8H12BrN3S/c1-12-3-6(4-12)2-10-8-11-7(9)5-13-8/h5-6H,2-4H2,1H3,(H,10,11). The summed E-state index contributed by atoms with van der Waals surface area (Å²) in [6.07, 6.45) is 0. The molecule has 1 aromatic rings. The van der Waals surface area contributed by atoms with Crippen LogP contribution in [0.15, 0.2) is 9.98 Å². The quantitative estimate of drug-likeness (QED) is 0.901. The number of anilines is 1. The molecule has 1 aliphatic heterocycles. The minimum Gasteiger partial charge on any atom is -0.361 e. The smallest absolute Gasteiger partial charge is 0.183 e. The van der Waals surface area contributed by atoms with Crippen molar-refractivity contribution in [3.8, 4) is 0 Å². The third kappa shape index (κ3) is 2.42. The van der Waals surface area contributed by atoms with Gasteiger partial charge in [-0.1, -0.05) is 0 Å². The van der Waals surface area contributed by atoms with Crippen LogP contribution in [0.1, 0.15) is 0 Å². The van der Waals surface area contributed by atoms with Crippen molar-refractivity contribution >= 4 is 32.4 Å². The Bertz CT molecular complexity index is 283. The van der Waals surface area contributed by atoms with Crippen molar-refractivity contribution in [2.75, 3.05) is 32.0 Å². The molecule has 1 saturated heterocycles. The summed E-state index contributed by atoms with van der Waals surface area (Å²) in [5.74, 6) is 0.799. The van der Waals surface area contributed by atoms with Gasteiger partial charge in [-0.05, 0) is 23.0 Å². The average molecular weight is 262 g/mol. The number of aromatic nitrogens is 1. The summed E-state index contributed by atoms with van der Waals surface area (Å²) in [5, 5.41) is 6.35. The van der Waals surface area contributed by atoms with Crippen LogP contribution in [0.25, 0.3) is 0 Å². The van der Waals surface area contributed by atoms with Gasteiger partial charge in [0.2, 0.25) is 0 Å². The molecule has 1 aliphatic rings. The van der Waals surface area contributed by atoms with Gasteiger partial charge in [0.1, 0.15) is 4.60 Å². The number of hydrogen-bond acceptors (Lipinski definition) is 4. The molecule has 1 fully saturated rings. The van der Waals surface area contributed by atoms with Crippen LogP contribution in [0.3, 0.4) is 0 Å². The second-order valence-electron chi connectivity index (χ2n) is 3.44. The van der Waals surface area contributed by atoms with Crippen LogP contribution in [0, 0.1) is 5.92 Å². The van der Waals surface area contributed by atoms with E-state index in [0.717, 1.165) is 22.2 Å². The van der Waals surface area contributed by atoms with Crippen molar-refractivity contribution in [1.82, 2.24) is 9.88 Å². The third-order valence-corrected chi connectivity index (χ3v) is 3.67. The average Bonchev–Trinajstić information content (AvgIpc) is 2.43. The number of likely N-dealkylation sites (tertiary alicyclic amines) is 1. The first-order valence-electron chi connectivity index (χ1n) is 4.27. The van der Waals surface area contributed by atoms with E-state index in [2.05, 4.69) is 38.2 Å². The molecule has 5 heteroatoms. The minimum atomic E-state index is 0.799. The van der Waals surface area contributed by atoms with Gasteiger partial charge < -0.3 is 10.2 Å². The van der Waals surface area contributed by atoms with E-state index in [-0.39, 0.29) is 0 Å². The molecular weight excluding hydrogens is 250 g/mol. The Balaban J connectivity index is 1.74. The Morgan fingerprint density at radius 2 is 2.54 bits per heavy atom. The van der Waals surface area contributed by atoms with Gasteiger partial charge in [-0.25, -0.2) is 4.98 Å². The summed E-state index contributed by atoms with van der Waals surface area (Å²) in [6.45, 7) is 3.46. The highest BCUT2D eigenvalue weighted by Gasteiger charge is 2.22. The number of thiazole rings is 1. The lowest BCUT2D eigenvalue weighted by atomic mass is 10.0. The normalized spacial score (nSPS) is 18.6. The Hall–Kier alpha value is -0.130. The summed E-state index contributed by atoms with van der Waals surface area (Å²) < 4.78 is 0.922. The monoisotopic (exact) mass is 261 g/mol. The Morgan fingerprint density at radius 1 is 1.77 bits per heavy atom. The maximum absolute atomic E-state index is 4.27. The third-order valence-electron chi connectivity index (χ3n) is 2.16. The van der Waals surface area contributed by atoms with Gasteiger partial charge in [0.05, 0.1) is 0 Å². The topological polar surface area (TPSA) is 28.2 Å². The molecule has 13 heavy (non-hydrogen) atoms. The molecule has 0 amide bonds. The molecule has 72 valence electrons. The van der Waals surface area contributed by atoms with Crippen molar-refractivity contribution < 1.29 is 0 Å². The van der Waals surface area contributed by atoms with E-state index in [0.29, 0.717) is 0 Å². The first-order valence-corrected chi connectivity index (χ1v) is 5.95. The molecule has 0 radical (unpaired) electrons. The van der Waals surface area contributed by atoms with Crippen LogP contribution in [0.2, 0.25) is 0 Å². The molecule has 0 unspecified atom stereocenters. The van der Waals surface area contributed by atoms with Crippen molar-refractivity contribution in [1.29, 1.82) is 0 Å². The summed E-state index contributed by atoms with van der Waals surface area (Å²) in [6, 6.07) is 0. The number of halogens is 1. The summed E-state index contributed by atoms with van der Waals surface area (Å²) in [7, 11) is 2.15. The van der Waals surface area contributed by atoms with E-state index >= 15 is 0 Å². The van der Waals surface area contributed by atoms with Gasteiger partial charge in [0.25, 0.3) is 0 Å². The maximum atomic E-state index is 4.27. The number of hydrogen-bond donors (Lipinski definition) is 1. The van der Waals surface area contributed by atoms with Crippen LogP contribution >= 0.6 is 27.3 Å². The first kappa shape index (κ1) is 9.43. The van der Waals surface area contributed by atoms with Gasteiger partial charge in [-0.2, -0.15) is 0 Å². The Kier molecular flexibility index (Phi) is 2.86. The second-order valence-corrected chi connectivity index (χ2v) is 5.11. The number of nitrogens with one attached hydrogen (secondary N) is 1. The molecule has 0 saturated carbocycles. The van der Waals surface area contributed by atoms with Gasteiger partial charge in [0, 0.05) is 30.9 Å². The van der Waals surface area contributed by atoms with E-state index in [1.54, 1.807) is 11.3 Å². The largest absolute Gasteiger partial charge is 0.361 e. The fourth-order valence-electron chi connectivity index (χ4n) is 1.52. The summed E-state index contributed by atoms with van der Waals surface area (Å²) in [4.78, 5) is 6.59. The number of rotatable bonds is 3. The molecule has 3 nitrogen and oxygen atoms in total. The maximum Gasteiger partial charge on any atom is 0.183 e. The van der Waals surface area contributed by atoms with Crippen LogP contribution in [-0.4, -0.2) is 36.6 Å². The van der Waals surface area contributed by atoms with Crippen LogP contribution in [-0.2, 0) is 0 Å². The lowest BCUT2D eigenvalue weighted by Crippen LogP contribution is -2.46. The second kappa shape index (κ2) is 3.94. The molecule has 2 rings (SSSR count). The first-order chi connectivity index (χ1) is 6.24. The molecule has 0 atom stereocenters. The van der Waals surface area contributed by atoms with E-state index in [9.17, 15) is 0 Å². The fourth-order valence-corrected chi connectivity index (χ4v) is 2.68.